The molecule has 3 aliphatic heterocycles. The van der Waals surface area contributed by atoms with Gasteiger partial charge in [-0.1, -0.05) is 6.42 Å². The lowest BCUT2D eigenvalue weighted by atomic mass is 9.93. The number of carbonyl (C=O) groups excluding carboxylic acids is 1. The van der Waals surface area contributed by atoms with Gasteiger partial charge < -0.3 is 15.0 Å². The average molecular weight is 319 g/mol. The van der Waals surface area contributed by atoms with E-state index in [-0.39, 0.29) is 18.2 Å². The molecule has 2 amide bonds. The van der Waals surface area contributed by atoms with E-state index in [4.69, 9.17) is 4.74 Å². The highest BCUT2D eigenvalue weighted by molar-refractivity contribution is 5.74. The van der Waals surface area contributed by atoms with Gasteiger partial charge in [0.15, 0.2) is 0 Å². The van der Waals surface area contributed by atoms with Crippen LogP contribution in [0.5, 0.6) is 0 Å². The van der Waals surface area contributed by atoms with Gasteiger partial charge in [-0.3, -0.25) is 4.90 Å². The Morgan fingerprint density at radius 2 is 1.83 bits per heavy atom. The number of piperazine rings is 1. The molecule has 0 radical (unpaired) electrons. The van der Waals surface area contributed by atoms with E-state index in [9.17, 15) is 4.79 Å². The van der Waals surface area contributed by atoms with Crippen molar-refractivity contribution < 1.29 is 9.53 Å². The van der Waals surface area contributed by atoms with Crippen molar-refractivity contribution in [2.75, 3.05) is 26.2 Å². The van der Waals surface area contributed by atoms with Crippen molar-refractivity contribution in [1.29, 1.82) is 0 Å². The van der Waals surface area contributed by atoms with Gasteiger partial charge in [-0.25, -0.2) is 4.79 Å². The van der Waals surface area contributed by atoms with Crippen LogP contribution in [0.15, 0.2) is 0 Å². The lowest BCUT2D eigenvalue weighted by molar-refractivity contribution is 0.0783. The van der Waals surface area contributed by atoms with Crippen LogP contribution in [0, 0.1) is 11.8 Å². The Balaban J connectivity index is 1.12. The summed E-state index contributed by atoms with van der Waals surface area (Å²) in [4.78, 5) is 17.2. The second-order valence-electron chi connectivity index (χ2n) is 8.43. The molecule has 0 aromatic rings. The Kier molecular flexibility index (Phi) is 3.55. The first-order chi connectivity index (χ1) is 11.3. The number of nitrogens with zero attached hydrogens (tertiary/aromatic N) is 2. The van der Waals surface area contributed by atoms with Crippen LogP contribution in [0.25, 0.3) is 0 Å². The van der Waals surface area contributed by atoms with Gasteiger partial charge in [0.05, 0.1) is 18.2 Å². The van der Waals surface area contributed by atoms with Crippen LogP contribution in [0.4, 0.5) is 4.79 Å². The number of amides is 2. The molecule has 3 saturated heterocycles. The Hall–Kier alpha value is -0.810. The van der Waals surface area contributed by atoms with Crippen LogP contribution in [-0.2, 0) is 4.74 Å². The van der Waals surface area contributed by atoms with E-state index < -0.39 is 0 Å². The van der Waals surface area contributed by atoms with Crippen molar-refractivity contribution in [3.05, 3.63) is 0 Å². The minimum atomic E-state index is 0.138. The van der Waals surface area contributed by atoms with Crippen molar-refractivity contribution in [3.8, 4) is 0 Å². The molecule has 2 aliphatic carbocycles. The maximum Gasteiger partial charge on any atom is 0.317 e. The number of nitrogens with one attached hydrogen (secondary N) is 1. The van der Waals surface area contributed by atoms with Crippen molar-refractivity contribution in [3.63, 3.8) is 0 Å². The smallest absolute Gasteiger partial charge is 0.317 e. The molecule has 0 unspecified atom stereocenters. The first kappa shape index (κ1) is 14.5. The van der Waals surface area contributed by atoms with E-state index >= 15 is 0 Å². The van der Waals surface area contributed by atoms with E-state index in [1.807, 2.05) is 4.90 Å². The standard InChI is InChI=1S/C18H29N3O2/c22-18(19-15-11-14-3-4-17(15)23-14)21-7-5-20(6-8-21)16-10-12-1-2-13(16)9-12/h12-17H,1-11H2,(H,19,22)/t12-,13-,14+,15+,16-,17+/m0/s1. The van der Waals surface area contributed by atoms with E-state index in [0.29, 0.717) is 6.10 Å². The number of urea groups is 1. The topological polar surface area (TPSA) is 44.8 Å². The number of hydrogen-bond acceptors (Lipinski definition) is 3. The van der Waals surface area contributed by atoms with Gasteiger partial charge in [-0.15, -0.1) is 0 Å². The summed E-state index contributed by atoms with van der Waals surface area (Å²) in [5, 5.41) is 3.23. The molecule has 1 N–H and O–H groups in total. The molecule has 128 valence electrons. The Bertz CT molecular complexity index is 477. The number of ether oxygens (including phenoxy) is 1. The fourth-order valence-corrected chi connectivity index (χ4v) is 5.95. The summed E-state index contributed by atoms with van der Waals surface area (Å²) in [5.74, 6) is 1.95. The summed E-state index contributed by atoms with van der Waals surface area (Å²) in [6.07, 6.45) is 9.79. The first-order valence-electron chi connectivity index (χ1n) is 9.71. The maximum absolute atomic E-state index is 12.5. The highest BCUT2D eigenvalue weighted by Crippen LogP contribution is 2.46. The second kappa shape index (κ2) is 5.62. The predicted octanol–water partition coefficient (Wildman–Crippen LogP) is 1.82. The van der Waals surface area contributed by atoms with Crippen LogP contribution in [0.3, 0.4) is 0 Å². The molecule has 6 atom stereocenters. The predicted molar refractivity (Wildman–Crippen MR) is 87.2 cm³/mol. The minimum absolute atomic E-state index is 0.138. The molecule has 2 saturated carbocycles. The fraction of sp³-hybridized carbons (Fsp3) is 0.944. The molecule has 5 fully saturated rings. The normalized spacial score (nSPS) is 45.8. The molecule has 5 rings (SSSR count). The first-order valence-corrected chi connectivity index (χ1v) is 9.71. The molecule has 4 bridgehead atoms. The molecule has 0 aromatic heterocycles. The van der Waals surface area contributed by atoms with Gasteiger partial charge >= 0.3 is 6.03 Å². The lowest BCUT2D eigenvalue weighted by Gasteiger charge is -2.41. The summed E-state index contributed by atoms with van der Waals surface area (Å²) >= 11 is 0. The van der Waals surface area contributed by atoms with E-state index in [0.717, 1.165) is 56.9 Å². The summed E-state index contributed by atoms with van der Waals surface area (Å²) in [7, 11) is 0. The molecule has 5 aliphatic rings. The number of hydrogen-bond donors (Lipinski definition) is 1. The second-order valence-corrected chi connectivity index (χ2v) is 8.43. The van der Waals surface area contributed by atoms with Crippen LogP contribution < -0.4 is 5.32 Å². The fourth-order valence-electron chi connectivity index (χ4n) is 5.95. The van der Waals surface area contributed by atoms with Gasteiger partial charge in [0.25, 0.3) is 0 Å². The summed E-state index contributed by atoms with van der Waals surface area (Å²) in [6.45, 7) is 3.91. The van der Waals surface area contributed by atoms with Crippen LogP contribution in [-0.4, -0.2) is 66.3 Å². The van der Waals surface area contributed by atoms with Crippen molar-refractivity contribution in [2.45, 2.75) is 69.2 Å². The SMILES string of the molecule is O=C(N[C@@H]1C[C@H]2CC[C@H]1O2)N1CCN([C@H]2C[C@H]3CC[C@H]2C3)CC1. The summed E-state index contributed by atoms with van der Waals surface area (Å²) in [6, 6.07) is 1.21. The third-order valence-corrected chi connectivity index (χ3v) is 7.19. The van der Waals surface area contributed by atoms with Gasteiger partial charge in [0.1, 0.15) is 0 Å². The zero-order chi connectivity index (χ0) is 15.4. The highest BCUT2D eigenvalue weighted by Gasteiger charge is 2.44. The van der Waals surface area contributed by atoms with E-state index in [1.165, 1.54) is 32.1 Å². The average Bonchev–Trinajstić information content (AvgIpc) is 3.35. The van der Waals surface area contributed by atoms with Gasteiger partial charge in [0.2, 0.25) is 0 Å². The quantitative estimate of drug-likeness (QED) is 0.844. The highest BCUT2D eigenvalue weighted by atomic mass is 16.5. The zero-order valence-electron chi connectivity index (χ0n) is 14.0. The van der Waals surface area contributed by atoms with Crippen LogP contribution in [0.2, 0.25) is 0 Å². The Labute approximate surface area is 138 Å². The Morgan fingerprint density at radius 3 is 2.43 bits per heavy atom. The van der Waals surface area contributed by atoms with E-state index in [1.54, 1.807) is 0 Å². The summed E-state index contributed by atoms with van der Waals surface area (Å²) in [5.41, 5.74) is 0. The zero-order valence-corrected chi connectivity index (χ0v) is 14.0. The van der Waals surface area contributed by atoms with Gasteiger partial charge in [-0.2, -0.15) is 0 Å². The summed E-state index contributed by atoms with van der Waals surface area (Å²) < 4.78 is 5.84. The van der Waals surface area contributed by atoms with Gasteiger partial charge in [0, 0.05) is 32.2 Å². The van der Waals surface area contributed by atoms with Crippen LogP contribution in [0.1, 0.15) is 44.9 Å². The van der Waals surface area contributed by atoms with E-state index in [2.05, 4.69) is 10.2 Å². The van der Waals surface area contributed by atoms with Crippen molar-refractivity contribution in [1.82, 2.24) is 15.1 Å². The number of carbonyl (C=O) groups is 1. The molecular weight excluding hydrogens is 290 g/mol. The largest absolute Gasteiger partial charge is 0.373 e. The molecule has 3 heterocycles. The molecule has 0 spiro atoms. The molecule has 5 nitrogen and oxygen atoms in total. The molecule has 5 heteroatoms. The number of fused-ring (bicyclic) bond motifs is 4. The third-order valence-electron chi connectivity index (χ3n) is 7.19. The lowest BCUT2D eigenvalue weighted by Crippen LogP contribution is -2.56. The van der Waals surface area contributed by atoms with Crippen LogP contribution >= 0.6 is 0 Å². The molecule has 23 heavy (non-hydrogen) atoms. The van der Waals surface area contributed by atoms with Crippen molar-refractivity contribution >= 4 is 6.03 Å². The van der Waals surface area contributed by atoms with Gasteiger partial charge in [-0.05, 0) is 50.4 Å². The third kappa shape index (κ3) is 2.56. The van der Waals surface area contributed by atoms with Crippen molar-refractivity contribution in [2.24, 2.45) is 11.8 Å². The maximum atomic E-state index is 12.5. The Morgan fingerprint density at radius 1 is 0.957 bits per heavy atom. The molecular formula is C18H29N3O2. The minimum Gasteiger partial charge on any atom is -0.373 e. The monoisotopic (exact) mass is 319 g/mol. The molecule has 0 aromatic carbocycles. The number of rotatable bonds is 2.